The summed E-state index contributed by atoms with van der Waals surface area (Å²) in [6.45, 7) is 6.39. The molecule has 1 unspecified atom stereocenters. The quantitative estimate of drug-likeness (QED) is 0.491. The summed E-state index contributed by atoms with van der Waals surface area (Å²) in [7, 11) is 1.75. The van der Waals surface area contributed by atoms with Crippen LogP contribution >= 0.6 is 11.8 Å². The predicted octanol–water partition coefficient (Wildman–Crippen LogP) is 3.33. The highest BCUT2D eigenvalue weighted by molar-refractivity contribution is 7.97. The van der Waals surface area contributed by atoms with Crippen molar-refractivity contribution < 1.29 is 13.5 Å². The number of nitrogens with zero attached hydrogens (tertiary/aromatic N) is 2. The number of hydrogen-bond acceptors (Lipinski definition) is 5. The molecule has 0 bridgehead atoms. The second kappa shape index (κ2) is 11.4. The first-order valence-electron chi connectivity index (χ1n) is 10.2. The van der Waals surface area contributed by atoms with Crippen molar-refractivity contribution in [2.24, 2.45) is 4.99 Å². The van der Waals surface area contributed by atoms with Gasteiger partial charge in [0.2, 0.25) is 0 Å². The molecule has 1 atom stereocenters. The SMILES string of the molecule is CN=C(NCc1ccc(F)cc1CSC)NCC(c1ccc(C)o1)N1CCOCC1. The summed E-state index contributed by atoms with van der Waals surface area (Å²) >= 11 is 1.68. The fourth-order valence-electron chi connectivity index (χ4n) is 3.58. The highest BCUT2D eigenvalue weighted by Crippen LogP contribution is 2.23. The normalized spacial score (nSPS) is 16.5. The van der Waals surface area contributed by atoms with Gasteiger partial charge in [0, 0.05) is 39.0 Å². The molecular formula is C22H31FN4O2S. The number of furan rings is 1. The van der Waals surface area contributed by atoms with E-state index in [1.54, 1.807) is 24.9 Å². The van der Waals surface area contributed by atoms with Crippen LogP contribution in [0.1, 0.15) is 28.7 Å². The van der Waals surface area contributed by atoms with Crippen molar-refractivity contribution in [3.63, 3.8) is 0 Å². The number of morpholine rings is 1. The number of hydrogen-bond donors (Lipinski definition) is 2. The lowest BCUT2D eigenvalue weighted by Crippen LogP contribution is -2.46. The molecule has 6 nitrogen and oxygen atoms in total. The minimum Gasteiger partial charge on any atom is -0.465 e. The van der Waals surface area contributed by atoms with Gasteiger partial charge in [0.05, 0.1) is 19.3 Å². The fraction of sp³-hybridized carbons (Fsp3) is 0.500. The van der Waals surface area contributed by atoms with E-state index in [0.717, 1.165) is 54.7 Å². The molecule has 1 saturated heterocycles. The largest absolute Gasteiger partial charge is 0.465 e. The number of benzene rings is 1. The Morgan fingerprint density at radius 1 is 1.20 bits per heavy atom. The summed E-state index contributed by atoms with van der Waals surface area (Å²) < 4.78 is 25.0. The molecule has 2 heterocycles. The molecule has 0 saturated carbocycles. The van der Waals surface area contributed by atoms with Crippen molar-refractivity contribution >= 4 is 17.7 Å². The molecule has 0 aliphatic carbocycles. The van der Waals surface area contributed by atoms with Gasteiger partial charge < -0.3 is 19.8 Å². The Kier molecular flexibility index (Phi) is 8.60. The van der Waals surface area contributed by atoms with Gasteiger partial charge in [0.1, 0.15) is 17.3 Å². The smallest absolute Gasteiger partial charge is 0.191 e. The number of aliphatic imine (C=N–C) groups is 1. The third kappa shape index (κ3) is 6.23. The van der Waals surface area contributed by atoms with Gasteiger partial charge in [-0.1, -0.05) is 6.07 Å². The van der Waals surface area contributed by atoms with Crippen molar-refractivity contribution in [1.29, 1.82) is 0 Å². The molecule has 164 valence electrons. The number of thioether (sulfide) groups is 1. The first-order valence-corrected chi connectivity index (χ1v) is 11.6. The van der Waals surface area contributed by atoms with Crippen molar-refractivity contribution in [3.8, 4) is 0 Å². The fourth-order valence-corrected chi connectivity index (χ4v) is 4.16. The first-order chi connectivity index (χ1) is 14.6. The Morgan fingerprint density at radius 3 is 2.67 bits per heavy atom. The molecule has 0 radical (unpaired) electrons. The maximum atomic E-state index is 13.6. The van der Waals surface area contributed by atoms with Crippen LogP contribution in [-0.2, 0) is 17.0 Å². The molecule has 2 N–H and O–H groups in total. The Hall–Kier alpha value is -2.03. The number of aryl methyl sites for hydroxylation is 1. The van der Waals surface area contributed by atoms with E-state index in [0.29, 0.717) is 19.0 Å². The average molecular weight is 435 g/mol. The topological polar surface area (TPSA) is 62.0 Å². The molecule has 8 heteroatoms. The monoisotopic (exact) mass is 434 g/mol. The number of rotatable bonds is 8. The van der Waals surface area contributed by atoms with Crippen LogP contribution in [0.4, 0.5) is 4.39 Å². The second-order valence-electron chi connectivity index (χ2n) is 7.27. The first kappa shape index (κ1) is 22.7. The van der Waals surface area contributed by atoms with Crippen LogP contribution < -0.4 is 10.6 Å². The van der Waals surface area contributed by atoms with Crippen LogP contribution in [0.2, 0.25) is 0 Å². The highest BCUT2D eigenvalue weighted by Gasteiger charge is 2.25. The molecule has 1 aliphatic heterocycles. The Labute approximate surface area is 182 Å². The standard InChI is InChI=1S/C22H31FN4O2S/c1-16-4-7-21(29-16)20(27-8-10-28-11-9-27)14-26-22(24-2)25-13-17-5-6-19(23)12-18(17)15-30-3/h4-7,12,20H,8-11,13-15H2,1-3H3,(H2,24,25,26). The predicted molar refractivity (Wildman–Crippen MR) is 120 cm³/mol. The second-order valence-corrected chi connectivity index (χ2v) is 8.13. The van der Waals surface area contributed by atoms with Crippen LogP contribution in [-0.4, -0.2) is 57.0 Å². The molecule has 1 aliphatic rings. The minimum atomic E-state index is -0.201. The maximum absolute atomic E-state index is 13.6. The Balaban J connectivity index is 1.63. The molecule has 0 spiro atoms. The van der Waals surface area contributed by atoms with E-state index < -0.39 is 0 Å². The van der Waals surface area contributed by atoms with Crippen molar-refractivity contribution in [2.75, 3.05) is 46.2 Å². The van der Waals surface area contributed by atoms with Gasteiger partial charge >= 0.3 is 0 Å². The van der Waals surface area contributed by atoms with Crippen molar-refractivity contribution in [3.05, 3.63) is 58.8 Å². The van der Waals surface area contributed by atoms with E-state index in [9.17, 15) is 4.39 Å². The van der Waals surface area contributed by atoms with Crippen LogP contribution in [0, 0.1) is 12.7 Å². The third-order valence-corrected chi connectivity index (χ3v) is 5.78. The summed E-state index contributed by atoms with van der Waals surface area (Å²) in [4.78, 5) is 6.73. The molecule has 1 aromatic heterocycles. The molecule has 2 aromatic rings. The molecule has 3 rings (SSSR count). The minimum absolute atomic E-state index is 0.0963. The molecule has 1 aromatic carbocycles. The maximum Gasteiger partial charge on any atom is 0.191 e. The Bertz CT molecular complexity index is 836. The Morgan fingerprint density at radius 2 is 2.00 bits per heavy atom. The summed E-state index contributed by atoms with van der Waals surface area (Å²) in [5.74, 6) is 3.13. The summed E-state index contributed by atoms with van der Waals surface area (Å²) in [5.41, 5.74) is 2.07. The zero-order chi connectivity index (χ0) is 21.3. The van der Waals surface area contributed by atoms with E-state index in [-0.39, 0.29) is 11.9 Å². The van der Waals surface area contributed by atoms with Gasteiger partial charge in [-0.2, -0.15) is 11.8 Å². The van der Waals surface area contributed by atoms with Crippen LogP contribution in [0.3, 0.4) is 0 Å². The lowest BCUT2D eigenvalue weighted by atomic mass is 10.1. The molecule has 0 amide bonds. The zero-order valence-corrected chi connectivity index (χ0v) is 18.7. The molecule has 30 heavy (non-hydrogen) atoms. The number of guanidine groups is 1. The van der Waals surface area contributed by atoms with Crippen molar-refractivity contribution in [2.45, 2.75) is 25.3 Å². The van der Waals surface area contributed by atoms with Crippen LogP contribution in [0.25, 0.3) is 0 Å². The lowest BCUT2D eigenvalue weighted by molar-refractivity contribution is 0.0124. The molecule has 1 fully saturated rings. The zero-order valence-electron chi connectivity index (χ0n) is 17.9. The summed E-state index contributed by atoms with van der Waals surface area (Å²) in [6.07, 6.45) is 2.02. The summed E-state index contributed by atoms with van der Waals surface area (Å²) in [5, 5.41) is 6.78. The van der Waals surface area contributed by atoms with Crippen LogP contribution in [0.15, 0.2) is 39.7 Å². The highest BCUT2D eigenvalue weighted by atomic mass is 32.2. The number of ether oxygens (including phenoxy) is 1. The van der Waals surface area contributed by atoms with E-state index in [4.69, 9.17) is 9.15 Å². The lowest BCUT2D eigenvalue weighted by Gasteiger charge is -2.33. The van der Waals surface area contributed by atoms with Gasteiger partial charge in [-0.25, -0.2) is 4.39 Å². The van der Waals surface area contributed by atoms with Gasteiger partial charge in [0.15, 0.2) is 5.96 Å². The molecular weight excluding hydrogens is 403 g/mol. The van der Waals surface area contributed by atoms with Gasteiger partial charge in [0.25, 0.3) is 0 Å². The van der Waals surface area contributed by atoms with Gasteiger partial charge in [-0.05, 0) is 48.6 Å². The van der Waals surface area contributed by atoms with Crippen LogP contribution in [0.5, 0.6) is 0 Å². The average Bonchev–Trinajstić information content (AvgIpc) is 3.18. The van der Waals surface area contributed by atoms with Crippen molar-refractivity contribution in [1.82, 2.24) is 15.5 Å². The van der Waals surface area contributed by atoms with Gasteiger partial charge in [-0.3, -0.25) is 9.89 Å². The van der Waals surface area contributed by atoms with E-state index in [2.05, 4.69) is 20.5 Å². The van der Waals surface area contributed by atoms with E-state index >= 15 is 0 Å². The number of halogens is 1. The third-order valence-electron chi connectivity index (χ3n) is 5.18. The van der Waals surface area contributed by atoms with Gasteiger partial charge in [-0.15, -0.1) is 0 Å². The van der Waals surface area contributed by atoms with E-state index in [1.807, 2.05) is 31.4 Å². The number of nitrogens with one attached hydrogen (secondary N) is 2. The van der Waals surface area contributed by atoms with E-state index in [1.165, 1.54) is 6.07 Å². The summed E-state index contributed by atoms with van der Waals surface area (Å²) in [6, 6.07) is 9.09.